The molecule has 2 rings (SSSR count). The summed E-state index contributed by atoms with van der Waals surface area (Å²) >= 11 is 6.03. The highest BCUT2D eigenvalue weighted by Crippen LogP contribution is 2.24. The zero-order chi connectivity index (χ0) is 15.2. The molecule has 2 N–H and O–H groups in total. The zero-order valence-corrected chi connectivity index (χ0v) is 12.9. The quantitative estimate of drug-likeness (QED) is 0.891. The van der Waals surface area contributed by atoms with Gasteiger partial charge in [-0.25, -0.2) is 4.98 Å². The largest absolute Gasteiger partial charge is 0.496 e. The number of pyridine rings is 1. The van der Waals surface area contributed by atoms with Gasteiger partial charge in [0.15, 0.2) is 0 Å². The van der Waals surface area contributed by atoms with E-state index in [2.05, 4.69) is 4.98 Å². The molecule has 1 heterocycles. The summed E-state index contributed by atoms with van der Waals surface area (Å²) < 4.78 is 10.4. The molecule has 1 atom stereocenters. The molecule has 0 fully saturated rings. The van der Waals surface area contributed by atoms with Crippen LogP contribution < -0.4 is 15.2 Å². The number of rotatable bonds is 6. The Morgan fingerprint density at radius 1 is 1.14 bits per heavy atom. The average molecular weight is 307 g/mol. The van der Waals surface area contributed by atoms with E-state index in [1.165, 1.54) is 0 Å². The molecular formula is C16H19ClN2O2. The van der Waals surface area contributed by atoms with Gasteiger partial charge in [-0.15, -0.1) is 0 Å². The van der Waals surface area contributed by atoms with Crippen molar-refractivity contribution in [2.45, 2.75) is 18.9 Å². The summed E-state index contributed by atoms with van der Waals surface area (Å²) in [7, 11) is 3.24. The van der Waals surface area contributed by atoms with Crippen molar-refractivity contribution < 1.29 is 9.47 Å². The first kappa shape index (κ1) is 15.6. The first-order chi connectivity index (χ1) is 10.1. The minimum absolute atomic E-state index is 0.0347. The number of halogens is 1. The van der Waals surface area contributed by atoms with Crippen molar-refractivity contribution >= 4 is 11.6 Å². The van der Waals surface area contributed by atoms with Crippen molar-refractivity contribution in [3.8, 4) is 11.6 Å². The molecule has 0 aliphatic rings. The SMILES string of the molecule is COc1ccc(CC(N)Cc2cc(Cl)ccc2OC)cn1. The maximum Gasteiger partial charge on any atom is 0.212 e. The number of methoxy groups -OCH3 is 2. The predicted molar refractivity (Wildman–Crippen MR) is 84.2 cm³/mol. The number of hydrogen-bond donors (Lipinski definition) is 1. The van der Waals surface area contributed by atoms with E-state index in [0.29, 0.717) is 17.3 Å². The number of hydrogen-bond acceptors (Lipinski definition) is 4. The van der Waals surface area contributed by atoms with E-state index >= 15 is 0 Å². The lowest BCUT2D eigenvalue weighted by Crippen LogP contribution is -2.25. The number of aromatic nitrogens is 1. The summed E-state index contributed by atoms with van der Waals surface area (Å²) in [6, 6.07) is 9.34. The van der Waals surface area contributed by atoms with Crippen molar-refractivity contribution in [2.24, 2.45) is 5.73 Å². The van der Waals surface area contributed by atoms with Crippen LogP contribution in [-0.4, -0.2) is 25.2 Å². The Labute approximate surface area is 129 Å². The molecule has 0 aliphatic heterocycles. The highest BCUT2D eigenvalue weighted by atomic mass is 35.5. The Kier molecular flexibility index (Phi) is 5.42. The maximum atomic E-state index is 6.22. The van der Waals surface area contributed by atoms with E-state index in [1.54, 1.807) is 20.4 Å². The minimum Gasteiger partial charge on any atom is -0.496 e. The second kappa shape index (κ2) is 7.29. The molecule has 21 heavy (non-hydrogen) atoms. The van der Waals surface area contributed by atoms with Crippen molar-refractivity contribution in [1.82, 2.24) is 4.98 Å². The van der Waals surface area contributed by atoms with E-state index in [4.69, 9.17) is 26.8 Å². The van der Waals surface area contributed by atoms with Gasteiger partial charge in [0.05, 0.1) is 14.2 Å². The van der Waals surface area contributed by atoms with Crippen molar-refractivity contribution in [2.75, 3.05) is 14.2 Å². The zero-order valence-electron chi connectivity index (χ0n) is 12.2. The summed E-state index contributed by atoms with van der Waals surface area (Å²) in [6.45, 7) is 0. The van der Waals surface area contributed by atoms with Crippen LogP contribution in [0.25, 0.3) is 0 Å². The summed E-state index contributed by atoms with van der Waals surface area (Å²) in [5.74, 6) is 1.41. The Hall–Kier alpha value is -1.78. The molecule has 0 aliphatic carbocycles. The molecule has 112 valence electrons. The molecule has 0 saturated heterocycles. The third-order valence-corrected chi connectivity index (χ3v) is 3.46. The van der Waals surface area contributed by atoms with Gasteiger partial charge >= 0.3 is 0 Å². The smallest absolute Gasteiger partial charge is 0.212 e. The second-order valence-electron chi connectivity index (χ2n) is 4.83. The molecule has 0 radical (unpaired) electrons. The Balaban J connectivity index is 2.03. The van der Waals surface area contributed by atoms with Gasteiger partial charge in [-0.05, 0) is 42.2 Å². The second-order valence-corrected chi connectivity index (χ2v) is 5.27. The van der Waals surface area contributed by atoms with Crippen LogP contribution in [0.2, 0.25) is 5.02 Å². The highest BCUT2D eigenvalue weighted by molar-refractivity contribution is 6.30. The van der Waals surface area contributed by atoms with E-state index < -0.39 is 0 Å². The lowest BCUT2D eigenvalue weighted by molar-refractivity contribution is 0.397. The Morgan fingerprint density at radius 2 is 1.95 bits per heavy atom. The van der Waals surface area contributed by atoms with Crippen molar-refractivity contribution in [3.63, 3.8) is 0 Å². The lowest BCUT2D eigenvalue weighted by Gasteiger charge is -2.14. The molecule has 5 heteroatoms. The monoisotopic (exact) mass is 306 g/mol. The normalized spacial score (nSPS) is 12.0. The van der Waals surface area contributed by atoms with Crippen LogP contribution in [0, 0.1) is 0 Å². The fourth-order valence-corrected chi connectivity index (χ4v) is 2.41. The summed E-state index contributed by atoms with van der Waals surface area (Å²) in [5.41, 5.74) is 8.31. The average Bonchev–Trinajstić information content (AvgIpc) is 2.48. The standard InChI is InChI=1S/C16H19ClN2O2/c1-20-15-5-4-13(17)8-12(15)9-14(18)7-11-3-6-16(21-2)19-10-11/h3-6,8,10,14H,7,9,18H2,1-2H3. The van der Waals surface area contributed by atoms with Gasteiger partial charge in [0.1, 0.15) is 5.75 Å². The summed E-state index contributed by atoms with van der Waals surface area (Å²) in [5, 5.41) is 0.684. The number of ether oxygens (including phenoxy) is 2. The summed E-state index contributed by atoms with van der Waals surface area (Å²) in [6.07, 6.45) is 3.20. The molecule has 1 aromatic carbocycles. The van der Waals surface area contributed by atoms with E-state index in [9.17, 15) is 0 Å². The maximum absolute atomic E-state index is 6.22. The number of benzene rings is 1. The molecule has 0 saturated carbocycles. The molecule has 2 aromatic rings. The third kappa shape index (κ3) is 4.34. The number of nitrogens with zero attached hydrogens (tertiary/aromatic N) is 1. The van der Waals surface area contributed by atoms with Gasteiger partial charge in [-0.3, -0.25) is 0 Å². The van der Waals surface area contributed by atoms with Crippen LogP contribution in [-0.2, 0) is 12.8 Å². The fourth-order valence-electron chi connectivity index (χ4n) is 2.22. The van der Waals surface area contributed by atoms with Gasteiger partial charge in [-0.1, -0.05) is 17.7 Å². The Bertz CT molecular complexity index is 587. The van der Waals surface area contributed by atoms with Gasteiger partial charge in [0.2, 0.25) is 5.88 Å². The lowest BCUT2D eigenvalue weighted by atomic mass is 10.00. The van der Waals surface area contributed by atoms with E-state index in [-0.39, 0.29) is 6.04 Å². The highest BCUT2D eigenvalue weighted by Gasteiger charge is 2.11. The first-order valence-electron chi connectivity index (χ1n) is 6.69. The minimum atomic E-state index is -0.0347. The molecule has 0 bridgehead atoms. The van der Waals surface area contributed by atoms with Gasteiger partial charge in [0, 0.05) is 23.3 Å². The predicted octanol–water partition coefficient (Wildman–Crippen LogP) is 2.86. The molecule has 1 aromatic heterocycles. The van der Waals surface area contributed by atoms with Crippen LogP contribution >= 0.6 is 11.6 Å². The fraction of sp³-hybridized carbons (Fsp3) is 0.312. The van der Waals surface area contributed by atoms with Crippen molar-refractivity contribution in [3.05, 3.63) is 52.7 Å². The van der Waals surface area contributed by atoms with Gasteiger partial charge < -0.3 is 15.2 Å². The molecule has 0 spiro atoms. The Morgan fingerprint density at radius 3 is 2.57 bits per heavy atom. The molecule has 1 unspecified atom stereocenters. The van der Waals surface area contributed by atoms with E-state index in [1.807, 2.05) is 30.3 Å². The van der Waals surface area contributed by atoms with Gasteiger partial charge in [0.25, 0.3) is 0 Å². The van der Waals surface area contributed by atoms with Crippen LogP contribution in [0.5, 0.6) is 11.6 Å². The molecule has 0 amide bonds. The van der Waals surface area contributed by atoms with Crippen LogP contribution in [0.3, 0.4) is 0 Å². The van der Waals surface area contributed by atoms with Crippen LogP contribution in [0.15, 0.2) is 36.5 Å². The number of nitrogens with two attached hydrogens (primary N) is 1. The molecular weight excluding hydrogens is 288 g/mol. The van der Waals surface area contributed by atoms with E-state index in [0.717, 1.165) is 23.3 Å². The third-order valence-electron chi connectivity index (χ3n) is 3.23. The summed E-state index contributed by atoms with van der Waals surface area (Å²) in [4.78, 5) is 4.18. The topological polar surface area (TPSA) is 57.4 Å². The molecule has 4 nitrogen and oxygen atoms in total. The van der Waals surface area contributed by atoms with Crippen molar-refractivity contribution in [1.29, 1.82) is 0 Å². The first-order valence-corrected chi connectivity index (χ1v) is 7.07. The van der Waals surface area contributed by atoms with Crippen LogP contribution in [0.1, 0.15) is 11.1 Å². The van der Waals surface area contributed by atoms with Crippen LogP contribution in [0.4, 0.5) is 0 Å². The van der Waals surface area contributed by atoms with Gasteiger partial charge in [-0.2, -0.15) is 0 Å².